The average molecular weight is 359 g/mol. The lowest BCUT2D eigenvalue weighted by Gasteiger charge is -2.22. The largest absolute Gasteiger partial charge is 0.382 e. The first kappa shape index (κ1) is 18.5. The lowest BCUT2D eigenvalue weighted by Crippen LogP contribution is -2.31. The highest BCUT2D eigenvalue weighted by Gasteiger charge is 2.33. The van der Waals surface area contributed by atoms with Crippen molar-refractivity contribution in [3.8, 4) is 0 Å². The van der Waals surface area contributed by atoms with Crippen LogP contribution in [0.5, 0.6) is 0 Å². The Balaban J connectivity index is 1.54. The second-order valence-electron chi connectivity index (χ2n) is 6.32. The zero-order valence-electron chi connectivity index (χ0n) is 15.1. The van der Waals surface area contributed by atoms with Crippen LogP contribution in [0.15, 0.2) is 34.9 Å². The van der Waals surface area contributed by atoms with Gasteiger partial charge in [-0.05, 0) is 24.8 Å². The van der Waals surface area contributed by atoms with Crippen LogP contribution in [0.25, 0.3) is 0 Å². The maximum atomic E-state index is 12.7. The van der Waals surface area contributed by atoms with Crippen LogP contribution in [0.2, 0.25) is 0 Å². The minimum atomic E-state index is -0.102. The van der Waals surface area contributed by atoms with Gasteiger partial charge in [-0.25, -0.2) is 0 Å². The van der Waals surface area contributed by atoms with Crippen molar-refractivity contribution in [1.29, 1.82) is 0 Å². The summed E-state index contributed by atoms with van der Waals surface area (Å²) in [7, 11) is 1.62. The first-order chi connectivity index (χ1) is 12.8. The van der Waals surface area contributed by atoms with E-state index < -0.39 is 0 Å². The maximum absolute atomic E-state index is 12.7. The van der Waals surface area contributed by atoms with E-state index in [1.807, 2.05) is 35.2 Å². The molecule has 0 radical (unpaired) electrons. The quantitative estimate of drug-likeness (QED) is 0.640. The highest BCUT2D eigenvalue weighted by molar-refractivity contribution is 5.77. The molecule has 1 fully saturated rings. The van der Waals surface area contributed by atoms with Crippen molar-refractivity contribution in [2.45, 2.75) is 38.3 Å². The number of aryl methyl sites for hydroxylation is 1. The highest BCUT2D eigenvalue weighted by atomic mass is 16.5. The second kappa shape index (κ2) is 9.45. The van der Waals surface area contributed by atoms with Crippen molar-refractivity contribution < 1.29 is 18.8 Å². The molecule has 140 valence electrons. The summed E-state index contributed by atoms with van der Waals surface area (Å²) in [6.45, 7) is 1.99. The van der Waals surface area contributed by atoms with E-state index >= 15 is 0 Å². The molecule has 3 rings (SSSR count). The Hall–Kier alpha value is -2.25. The zero-order valence-corrected chi connectivity index (χ0v) is 15.1. The van der Waals surface area contributed by atoms with Crippen LogP contribution in [0.3, 0.4) is 0 Å². The van der Waals surface area contributed by atoms with Gasteiger partial charge in [0.1, 0.15) is 6.61 Å². The van der Waals surface area contributed by atoms with Gasteiger partial charge in [0.25, 0.3) is 5.89 Å². The molecule has 2 heterocycles. The first-order valence-electron chi connectivity index (χ1n) is 9.00. The monoisotopic (exact) mass is 359 g/mol. The van der Waals surface area contributed by atoms with E-state index in [1.54, 1.807) is 7.11 Å². The number of aromatic nitrogens is 2. The number of hydrogen-bond acceptors (Lipinski definition) is 6. The molecule has 0 spiro atoms. The summed E-state index contributed by atoms with van der Waals surface area (Å²) < 4.78 is 15.6. The molecule has 1 aliphatic heterocycles. The third kappa shape index (κ3) is 4.89. The van der Waals surface area contributed by atoms with Gasteiger partial charge < -0.3 is 18.9 Å². The predicted molar refractivity (Wildman–Crippen MR) is 94.3 cm³/mol. The van der Waals surface area contributed by atoms with Crippen molar-refractivity contribution in [1.82, 2.24) is 15.0 Å². The molecule has 1 aliphatic rings. The van der Waals surface area contributed by atoms with Crippen LogP contribution in [-0.4, -0.2) is 47.8 Å². The summed E-state index contributed by atoms with van der Waals surface area (Å²) in [6, 6.07) is 9.96. The number of rotatable bonds is 9. The van der Waals surface area contributed by atoms with Crippen molar-refractivity contribution >= 4 is 5.91 Å². The summed E-state index contributed by atoms with van der Waals surface area (Å²) in [6.07, 6.45) is 3.05. The van der Waals surface area contributed by atoms with Crippen LogP contribution in [0.4, 0.5) is 0 Å². The Morgan fingerprint density at radius 3 is 2.96 bits per heavy atom. The van der Waals surface area contributed by atoms with E-state index in [9.17, 15) is 4.79 Å². The number of carbonyl (C=O) groups is 1. The van der Waals surface area contributed by atoms with Crippen LogP contribution in [0.1, 0.15) is 42.6 Å². The van der Waals surface area contributed by atoms with Gasteiger partial charge >= 0.3 is 0 Å². The minimum Gasteiger partial charge on any atom is -0.382 e. The molecule has 0 N–H and O–H groups in total. The smallest absolute Gasteiger partial charge is 0.252 e. The first-order valence-corrected chi connectivity index (χ1v) is 9.00. The Labute approximate surface area is 153 Å². The van der Waals surface area contributed by atoms with Crippen LogP contribution in [-0.2, 0) is 27.3 Å². The molecule has 1 aromatic heterocycles. The number of hydrogen-bond donors (Lipinski definition) is 0. The fourth-order valence-corrected chi connectivity index (χ4v) is 3.14. The van der Waals surface area contributed by atoms with Gasteiger partial charge in [-0.3, -0.25) is 4.79 Å². The lowest BCUT2D eigenvalue weighted by atomic mass is 10.1. The Kier molecular flexibility index (Phi) is 6.74. The molecule has 1 amide bonds. The summed E-state index contributed by atoms with van der Waals surface area (Å²) in [4.78, 5) is 18.9. The molecule has 1 unspecified atom stereocenters. The molecule has 7 nitrogen and oxygen atoms in total. The Morgan fingerprint density at radius 2 is 2.15 bits per heavy atom. The number of likely N-dealkylation sites (tertiary alicyclic amines) is 1. The van der Waals surface area contributed by atoms with Gasteiger partial charge in [0.2, 0.25) is 5.91 Å². The summed E-state index contributed by atoms with van der Waals surface area (Å²) in [5.41, 5.74) is 1.17. The molecule has 1 atom stereocenters. The standard InChI is InChI=1S/C19H25N3O4/c1-24-12-13-25-14-17-20-19(21-26-17)16-8-5-11-22(16)18(23)10-9-15-6-3-2-4-7-15/h2-4,6-7,16H,5,8-14H2,1H3. The van der Waals surface area contributed by atoms with Crippen LogP contribution >= 0.6 is 0 Å². The van der Waals surface area contributed by atoms with Gasteiger partial charge in [0.05, 0.1) is 19.3 Å². The van der Waals surface area contributed by atoms with E-state index in [-0.39, 0.29) is 18.6 Å². The Bertz CT molecular complexity index is 689. The van der Waals surface area contributed by atoms with Crippen molar-refractivity contribution in [2.24, 2.45) is 0 Å². The fraction of sp³-hybridized carbons (Fsp3) is 0.526. The second-order valence-corrected chi connectivity index (χ2v) is 6.32. The molecular formula is C19H25N3O4. The predicted octanol–water partition coefficient (Wildman–Crippen LogP) is 2.53. The molecule has 0 saturated carbocycles. The zero-order chi connectivity index (χ0) is 18.2. The summed E-state index contributed by atoms with van der Waals surface area (Å²) in [5, 5.41) is 4.06. The number of amides is 1. The highest BCUT2D eigenvalue weighted by Crippen LogP contribution is 2.31. The van der Waals surface area contributed by atoms with Gasteiger partial charge in [0.15, 0.2) is 5.82 Å². The third-order valence-electron chi connectivity index (χ3n) is 4.48. The normalized spacial score (nSPS) is 17.0. The van der Waals surface area contributed by atoms with E-state index in [0.717, 1.165) is 25.8 Å². The molecule has 7 heteroatoms. The molecule has 1 saturated heterocycles. The number of ether oxygens (including phenoxy) is 2. The van der Waals surface area contributed by atoms with E-state index in [0.29, 0.717) is 31.3 Å². The summed E-state index contributed by atoms with van der Waals surface area (Å²) in [5.74, 6) is 1.14. The molecular weight excluding hydrogens is 334 g/mol. The SMILES string of the molecule is COCCOCc1nc(C2CCCN2C(=O)CCc2ccccc2)no1. The number of carbonyl (C=O) groups excluding carboxylic acids is 1. The topological polar surface area (TPSA) is 77.7 Å². The van der Waals surface area contributed by atoms with Gasteiger partial charge in [0, 0.05) is 20.1 Å². The summed E-state index contributed by atoms with van der Waals surface area (Å²) >= 11 is 0. The van der Waals surface area contributed by atoms with Crippen molar-refractivity contribution in [2.75, 3.05) is 26.9 Å². The third-order valence-corrected chi connectivity index (χ3v) is 4.48. The van der Waals surface area contributed by atoms with Crippen molar-refractivity contribution in [3.63, 3.8) is 0 Å². The fourth-order valence-electron chi connectivity index (χ4n) is 3.14. The molecule has 2 aromatic rings. The van der Waals surface area contributed by atoms with Gasteiger partial charge in [-0.1, -0.05) is 35.5 Å². The number of benzene rings is 1. The molecule has 0 aliphatic carbocycles. The number of methoxy groups -OCH3 is 1. The molecule has 0 bridgehead atoms. The number of nitrogens with zero attached hydrogens (tertiary/aromatic N) is 3. The molecule has 1 aromatic carbocycles. The molecule has 26 heavy (non-hydrogen) atoms. The van der Waals surface area contributed by atoms with Gasteiger partial charge in [-0.2, -0.15) is 4.98 Å². The van der Waals surface area contributed by atoms with E-state index in [4.69, 9.17) is 14.0 Å². The Morgan fingerprint density at radius 1 is 1.31 bits per heavy atom. The van der Waals surface area contributed by atoms with E-state index in [2.05, 4.69) is 10.1 Å². The van der Waals surface area contributed by atoms with Gasteiger partial charge in [-0.15, -0.1) is 0 Å². The maximum Gasteiger partial charge on any atom is 0.252 e. The van der Waals surface area contributed by atoms with Crippen LogP contribution < -0.4 is 0 Å². The van der Waals surface area contributed by atoms with Crippen molar-refractivity contribution in [3.05, 3.63) is 47.6 Å². The lowest BCUT2D eigenvalue weighted by molar-refractivity contribution is -0.132. The van der Waals surface area contributed by atoms with Crippen LogP contribution in [0, 0.1) is 0 Å². The van der Waals surface area contributed by atoms with E-state index in [1.165, 1.54) is 5.56 Å². The average Bonchev–Trinajstić information content (AvgIpc) is 3.33. The minimum absolute atomic E-state index is 0.102.